The van der Waals surface area contributed by atoms with Gasteiger partial charge in [0.25, 0.3) is 0 Å². The molecule has 0 amide bonds. The van der Waals surface area contributed by atoms with Crippen LogP contribution in [0.4, 0.5) is 0 Å². The lowest BCUT2D eigenvalue weighted by molar-refractivity contribution is 0.110. The molecule has 0 aliphatic heterocycles. The van der Waals surface area contributed by atoms with Gasteiger partial charge in [-0.2, -0.15) is 0 Å². The van der Waals surface area contributed by atoms with Gasteiger partial charge in [-0.25, -0.2) is 0 Å². The van der Waals surface area contributed by atoms with Crippen LogP contribution in [0.1, 0.15) is 27.2 Å². The summed E-state index contributed by atoms with van der Waals surface area (Å²) in [5.41, 5.74) is 5.73. The Hall–Kier alpha value is -0.0800. The molecule has 0 aromatic rings. The maximum Gasteiger partial charge on any atom is 0.0619 e. The van der Waals surface area contributed by atoms with E-state index in [1.54, 1.807) is 0 Å². The maximum absolute atomic E-state index is 5.73. The van der Waals surface area contributed by atoms with E-state index in [4.69, 9.17) is 10.5 Å². The van der Waals surface area contributed by atoms with Gasteiger partial charge < -0.3 is 10.5 Å². The normalized spacial score (nSPS) is 14.1. The topological polar surface area (TPSA) is 35.2 Å². The van der Waals surface area contributed by atoms with Gasteiger partial charge in [0, 0.05) is 12.6 Å². The average Bonchev–Trinajstić information content (AvgIpc) is 1.88. The molecule has 0 saturated heterocycles. The molecule has 0 radical (unpaired) electrons. The van der Waals surface area contributed by atoms with Gasteiger partial charge >= 0.3 is 0 Å². The Kier molecular flexibility index (Phi) is 5.64. The molecular formula is C8H19NO. The predicted octanol–water partition coefficient (Wildman–Crippen LogP) is 1.40. The molecule has 0 fully saturated rings. The lowest BCUT2D eigenvalue weighted by Crippen LogP contribution is -2.31. The molecule has 0 aromatic carbocycles. The van der Waals surface area contributed by atoms with E-state index in [9.17, 15) is 0 Å². The molecule has 1 unspecified atom stereocenters. The quantitative estimate of drug-likeness (QED) is 0.593. The molecule has 2 nitrogen and oxygen atoms in total. The van der Waals surface area contributed by atoms with Crippen LogP contribution >= 0.6 is 0 Å². The third-order valence-electron chi connectivity index (χ3n) is 1.52. The second-order valence-electron chi connectivity index (χ2n) is 2.98. The van der Waals surface area contributed by atoms with Gasteiger partial charge in [-0.3, -0.25) is 0 Å². The molecule has 0 bridgehead atoms. The maximum atomic E-state index is 5.73. The fourth-order valence-corrected chi connectivity index (χ4v) is 0.556. The first kappa shape index (κ1) is 9.92. The van der Waals surface area contributed by atoms with Crippen LogP contribution in [0, 0.1) is 5.92 Å². The Morgan fingerprint density at radius 2 is 2.00 bits per heavy atom. The second-order valence-corrected chi connectivity index (χ2v) is 2.98. The number of hydrogen-bond acceptors (Lipinski definition) is 2. The summed E-state index contributed by atoms with van der Waals surface area (Å²) in [6.07, 6.45) is 1.07. The van der Waals surface area contributed by atoms with E-state index in [1.807, 2.05) is 0 Å². The molecule has 0 spiro atoms. The van der Waals surface area contributed by atoms with E-state index in [0.29, 0.717) is 12.5 Å². The standard InChI is InChI=1S/C8H19NO/c1-4-5-10-6-8(9)7(2)3/h7-8H,4-6,9H2,1-3H3. The molecular weight excluding hydrogens is 126 g/mol. The van der Waals surface area contributed by atoms with Crippen LogP contribution in [-0.4, -0.2) is 19.3 Å². The Morgan fingerprint density at radius 3 is 2.40 bits per heavy atom. The van der Waals surface area contributed by atoms with E-state index in [0.717, 1.165) is 13.0 Å². The van der Waals surface area contributed by atoms with Crippen molar-refractivity contribution in [1.82, 2.24) is 0 Å². The average molecular weight is 145 g/mol. The van der Waals surface area contributed by atoms with E-state index in [2.05, 4.69) is 20.8 Å². The van der Waals surface area contributed by atoms with Gasteiger partial charge in [0.15, 0.2) is 0 Å². The van der Waals surface area contributed by atoms with Gasteiger partial charge in [0.05, 0.1) is 6.61 Å². The fourth-order valence-electron chi connectivity index (χ4n) is 0.556. The van der Waals surface area contributed by atoms with Gasteiger partial charge in [-0.1, -0.05) is 20.8 Å². The molecule has 1 atom stereocenters. The third kappa shape index (κ3) is 4.77. The van der Waals surface area contributed by atoms with E-state index in [-0.39, 0.29) is 6.04 Å². The van der Waals surface area contributed by atoms with Crippen LogP contribution in [0.25, 0.3) is 0 Å². The lowest BCUT2D eigenvalue weighted by atomic mass is 10.1. The molecule has 0 saturated carbocycles. The fraction of sp³-hybridized carbons (Fsp3) is 1.00. The van der Waals surface area contributed by atoms with Crippen LogP contribution in [0.15, 0.2) is 0 Å². The summed E-state index contributed by atoms with van der Waals surface area (Å²) in [6.45, 7) is 7.85. The van der Waals surface area contributed by atoms with Crippen molar-refractivity contribution >= 4 is 0 Å². The molecule has 10 heavy (non-hydrogen) atoms. The first-order valence-corrected chi connectivity index (χ1v) is 4.01. The lowest BCUT2D eigenvalue weighted by Gasteiger charge is -2.14. The third-order valence-corrected chi connectivity index (χ3v) is 1.52. The van der Waals surface area contributed by atoms with Crippen molar-refractivity contribution in [2.24, 2.45) is 11.7 Å². The van der Waals surface area contributed by atoms with Gasteiger partial charge in [-0.05, 0) is 12.3 Å². The van der Waals surface area contributed by atoms with Crippen LogP contribution in [0.2, 0.25) is 0 Å². The summed E-state index contributed by atoms with van der Waals surface area (Å²) in [5, 5.41) is 0. The van der Waals surface area contributed by atoms with E-state index < -0.39 is 0 Å². The minimum absolute atomic E-state index is 0.201. The van der Waals surface area contributed by atoms with E-state index in [1.165, 1.54) is 0 Å². The van der Waals surface area contributed by atoms with Crippen LogP contribution < -0.4 is 5.73 Å². The van der Waals surface area contributed by atoms with Crippen molar-refractivity contribution in [3.8, 4) is 0 Å². The largest absolute Gasteiger partial charge is 0.380 e. The first-order chi connectivity index (χ1) is 4.68. The zero-order valence-electron chi connectivity index (χ0n) is 7.26. The summed E-state index contributed by atoms with van der Waals surface area (Å²) in [6, 6.07) is 0.201. The summed E-state index contributed by atoms with van der Waals surface area (Å²) in [4.78, 5) is 0. The number of ether oxygens (including phenoxy) is 1. The Balaban J connectivity index is 3.13. The second kappa shape index (κ2) is 5.69. The number of hydrogen-bond donors (Lipinski definition) is 1. The Bertz CT molecular complexity index is 73.7. The summed E-state index contributed by atoms with van der Waals surface area (Å²) >= 11 is 0. The SMILES string of the molecule is CCCOCC(N)C(C)C. The van der Waals surface area contributed by atoms with Crippen molar-refractivity contribution < 1.29 is 4.74 Å². The van der Waals surface area contributed by atoms with Crippen LogP contribution in [0.3, 0.4) is 0 Å². The minimum Gasteiger partial charge on any atom is -0.380 e. The molecule has 0 heterocycles. The van der Waals surface area contributed by atoms with Gasteiger partial charge in [0.1, 0.15) is 0 Å². The molecule has 0 aliphatic carbocycles. The van der Waals surface area contributed by atoms with Crippen LogP contribution in [0.5, 0.6) is 0 Å². The highest BCUT2D eigenvalue weighted by atomic mass is 16.5. The highest BCUT2D eigenvalue weighted by molar-refractivity contribution is 4.63. The summed E-state index contributed by atoms with van der Waals surface area (Å²) < 4.78 is 5.28. The first-order valence-electron chi connectivity index (χ1n) is 4.01. The molecule has 2 heteroatoms. The summed E-state index contributed by atoms with van der Waals surface area (Å²) in [5.74, 6) is 0.525. The Labute approximate surface area is 63.7 Å². The van der Waals surface area contributed by atoms with Crippen molar-refractivity contribution in [2.75, 3.05) is 13.2 Å². The van der Waals surface area contributed by atoms with Crippen LogP contribution in [-0.2, 0) is 4.74 Å². The van der Waals surface area contributed by atoms with Crippen molar-refractivity contribution in [1.29, 1.82) is 0 Å². The molecule has 0 rings (SSSR count). The number of nitrogens with two attached hydrogens (primary N) is 1. The zero-order valence-corrected chi connectivity index (χ0v) is 7.26. The van der Waals surface area contributed by atoms with Crippen molar-refractivity contribution in [3.63, 3.8) is 0 Å². The van der Waals surface area contributed by atoms with Gasteiger partial charge in [0.2, 0.25) is 0 Å². The smallest absolute Gasteiger partial charge is 0.0619 e. The Morgan fingerprint density at radius 1 is 1.40 bits per heavy atom. The van der Waals surface area contributed by atoms with Crippen molar-refractivity contribution in [3.05, 3.63) is 0 Å². The monoisotopic (exact) mass is 145 g/mol. The molecule has 0 aliphatic rings. The summed E-state index contributed by atoms with van der Waals surface area (Å²) in [7, 11) is 0. The molecule has 2 N–H and O–H groups in total. The highest BCUT2D eigenvalue weighted by Crippen LogP contribution is 1.98. The van der Waals surface area contributed by atoms with Crippen molar-refractivity contribution in [2.45, 2.75) is 33.2 Å². The zero-order chi connectivity index (χ0) is 7.98. The minimum atomic E-state index is 0.201. The molecule has 62 valence electrons. The highest BCUT2D eigenvalue weighted by Gasteiger charge is 2.05. The molecule has 0 aromatic heterocycles. The predicted molar refractivity (Wildman–Crippen MR) is 43.9 cm³/mol. The van der Waals surface area contributed by atoms with E-state index >= 15 is 0 Å². The van der Waals surface area contributed by atoms with Gasteiger partial charge in [-0.15, -0.1) is 0 Å². The number of rotatable bonds is 5.